The van der Waals surface area contributed by atoms with Crippen LogP contribution in [0.1, 0.15) is 5.56 Å². The highest BCUT2D eigenvalue weighted by molar-refractivity contribution is 5.85. The molecule has 4 N–H and O–H groups in total. The Morgan fingerprint density at radius 3 is 2.27 bits per heavy atom. The van der Waals surface area contributed by atoms with Crippen LogP contribution in [-0.4, -0.2) is 26.2 Å². The Morgan fingerprint density at radius 1 is 0.933 bits per heavy atom. The topological polar surface area (TPSA) is 50.1 Å². The number of hydrogen-bond donors (Lipinski definition) is 3. The van der Waals surface area contributed by atoms with Gasteiger partial charge >= 0.3 is 0 Å². The Labute approximate surface area is 97.8 Å². The average molecular weight is 230 g/mol. The third-order valence-corrected chi connectivity index (χ3v) is 1.97. The molecule has 0 radical (unpaired) electrons. The summed E-state index contributed by atoms with van der Waals surface area (Å²) >= 11 is 0. The number of nitrogens with one attached hydrogen (secondary N) is 2. The lowest BCUT2D eigenvalue weighted by atomic mass is 10.2. The summed E-state index contributed by atoms with van der Waals surface area (Å²) in [6.45, 7) is 4.50. The first kappa shape index (κ1) is 14.4. The van der Waals surface area contributed by atoms with Gasteiger partial charge in [-0.2, -0.15) is 0 Å². The van der Waals surface area contributed by atoms with Gasteiger partial charge in [-0.05, 0) is 5.56 Å². The van der Waals surface area contributed by atoms with E-state index in [1.165, 1.54) is 5.56 Å². The summed E-state index contributed by atoms with van der Waals surface area (Å²) in [7, 11) is 0. The van der Waals surface area contributed by atoms with E-state index < -0.39 is 0 Å². The van der Waals surface area contributed by atoms with E-state index in [0.717, 1.165) is 26.2 Å². The zero-order valence-corrected chi connectivity index (χ0v) is 9.72. The van der Waals surface area contributed by atoms with Crippen LogP contribution in [0.2, 0.25) is 0 Å². The van der Waals surface area contributed by atoms with Crippen molar-refractivity contribution < 1.29 is 0 Å². The van der Waals surface area contributed by atoms with Crippen molar-refractivity contribution in [1.29, 1.82) is 0 Å². The molecule has 1 aromatic carbocycles. The molecule has 0 unspecified atom stereocenters. The van der Waals surface area contributed by atoms with Crippen molar-refractivity contribution in [3.63, 3.8) is 0 Å². The molecule has 86 valence electrons. The molecule has 0 amide bonds. The van der Waals surface area contributed by atoms with Crippen LogP contribution < -0.4 is 16.4 Å². The molecule has 15 heavy (non-hydrogen) atoms. The monoisotopic (exact) mass is 229 g/mol. The molecular weight excluding hydrogens is 210 g/mol. The quantitative estimate of drug-likeness (QED) is 0.605. The summed E-state index contributed by atoms with van der Waals surface area (Å²) in [4.78, 5) is 0. The predicted molar refractivity (Wildman–Crippen MR) is 67.3 cm³/mol. The standard InChI is InChI=1S/C11H19N3.ClH/c12-6-7-13-8-9-14-10-11-4-2-1-3-5-11;/h1-5,13-14H,6-10,12H2;1H. The van der Waals surface area contributed by atoms with E-state index in [2.05, 4.69) is 34.9 Å². The average Bonchev–Trinajstić information content (AvgIpc) is 2.25. The maximum atomic E-state index is 5.35. The predicted octanol–water partition coefficient (Wildman–Crippen LogP) is 0.746. The van der Waals surface area contributed by atoms with Gasteiger partial charge in [0, 0.05) is 32.7 Å². The molecule has 0 aliphatic rings. The molecule has 0 fully saturated rings. The lowest BCUT2D eigenvalue weighted by molar-refractivity contribution is 0.615. The molecular formula is C11H20ClN3. The van der Waals surface area contributed by atoms with Gasteiger partial charge < -0.3 is 16.4 Å². The van der Waals surface area contributed by atoms with Crippen LogP contribution in [0.3, 0.4) is 0 Å². The van der Waals surface area contributed by atoms with E-state index in [1.807, 2.05) is 6.07 Å². The van der Waals surface area contributed by atoms with Crippen LogP contribution in [0.4, 0.5) is 0 Å². The van der Waals surface area contributed by atoms with Gasteiger partial charge in [-0.3, -0.25) is 0 Å². The minimum Gasteiger partial charge on any atom is -0.329 e. The van der Waals surface area contributed by atoms with Crippen molar-refractivity contribution in [3.05, 3.63) is 35.9 Å². The number of nitrogens with two attached hydrogens (primary N) is 1. The fourth-order valence-electron chi connectivity index (χ4n) is 1.23. The second-order valence-corrected chi connectivity index (χ2v) is 3.20. The van der Waals surface area contributed by atoms with Crippen LogP contribution in [0, 0.1) is 0 Å². The van der Waals surface area contributed by atoms with Gasteiger partial charge in [0.15, 0.2) is 0 Å². The van der Waals surface area contributed by atoms with Gasteiger partial charge in [-0.15, -0.1) is 12.4 Å². The van der Waals surface area contributed by atoms with E-state index in [4.69, 9.17) is 5.73 Å². The molecule has 0 saturated heterocycles. The van der Waals surface area contributed by atoms with Crippen molar-refractivity contribution in [2.75, 3.05) is 26.2 Å². The fraction of sp³-hybridized carbons (Fsp3) is 0.455. The molecule has 0 aromatic heterocycles. The Morgan fingerprint density at radius 2 is 1.60 bits per heavy atom. The molecule has 3 nitrogen and oxygen atoms in total. The highest BCUT2D eigenvalue weighted by Gasteiger charge is 1.89. The number of halogens is 1. The molecule has 1 aromatic rings. The van der Waals surface area contributed by atoms with Crippen LogP contribution in [0.15, 0.2) is 30.3 Å². The van der Waals surface area contributed by atoms with Crippen LogP contribution in [0.5, 0.6) is 0 Å². The number of rotatable bonds is 7. The third kappa shape index (κ3) is 7.33. The van der Waals surface area contributed by atoms with Crippen molar-refractivity contribution in [2.24, 2.45) is 5.73 Å². The normalized spacial score (nSPS) is 9.67. The summed E-state index contributed by atoms with van der Waals surface area (Å²) in [6.07, 6.45) is 0. The Balaban J connectivity index is 0.00000196. The van der Waals surface area contributed by atoms with Crippen molar-refractivity contribution in [1.82, 2.24) is 10.6 Å². The number of hydrogen-bond acceptors (Lipinski definition) is 3. The van der Waals surface area contributed by atoms with Gasteiger partial charge in [0.05, 0.1) is 0 Å². The molecule has 1 rings (SSSR count). The largest absolute Gasteiger partial charge is 0.329 e. The first-order valence-corrected chi connectivity index (χ1v) is 5.09. The molecule has 0 heterocycles. The van der Waals surface area contributed by atoms with Crippen molar-refractivity contribution >= 4 is 12.4 Å². The third-order valence-electron chi connectivity index (χ3n) is 1.97. The molecule has 0 atom stereocenters. The van der Waals surface area contributed by atoms with E-state index in [-0.39, 0.29) is 12.4 Å². The molecule has 0 aliphatic heterocycles. The van der Waals surface area contributed by atoms with E-state index in [1.54, 1.807) is 0 Å². The summed E-state index contributed by atoms with van der Waals surface area (Å²) in [5.74, 6) is 0. The lowest BCUT2D eigenvalue weighted by Gasteiger charge is -2.05. The van der Waals surface area contributed by atoms with Crippen LogP contribution in [-0.2, 0) is 6.54 Å². The summed E-state index contributed by atoms with van der Waals surface area (Å²) in [6, 6.07) is 10.4. The molecule has 0 bridgehead atoms. The molecule has 0 saturated carbocycles. The summed E-state index contributed by atoms with van der Waals surface area (Å²) in [5.41, 5.74) is 6.68. The van der Waals surface area contributed by atoms with Gasteiger partial charge in [0.25, 0.3) is 0 Å². The van der Waals surface area contributed by atoms with Gasteiger partial charge in [-0.1, -0.05) is 30.3 Å². The van der Waals surface area contributed by atoms with E-state index in [0.29, 0.717) is 6.54 Å². The van der Waals surface area contributed by atoms with E-state index in [9.17, 15) is 0 Å². The van der Waals surface area contributed by atoms with Crippen molar-refractivity contribution in [2.45, 2.75) is 6.54 Å². The zero-order valence-electron chi connectivity index (χ0n) is 8.91. The minimum absolute atomic E-state index is 0. The Bertz CT molecular complexity index is 229. The van der Waals surface area contributed by atoms with Gasteiger partial charge in [0.2, 0.25) is 0 Å². The van der Waals surface area contributed by atoms with Crippen molar-refractivity contribution in [3.8, 4) is 0 Å². The smallest absolute Gasteiger partial charge is 0.0206 e. The zero-order chi connectivity index (χ0) is 10.1. The van der Waals surface area contributed by atoms with Gasteiger partial charge in [0.1, 0.15) is 0 Å². The summed E-state index contributed by atoms with van der Waals surface area (Å²) < 4.78 is 0. The van der Waals surface area contributed by atoms with Crippen LogP contribution in [0.25, 0.3) is 0 Å². The lowest BCUT2D eigenvalue weighted by Crippen LogP contribution is -2.30. The Kier molecular flexibility index (Phi) is 9.52. The summed E-state index contributed by atoms with van der Waals surface area (Å²) in [5, 5.41) is 6.59. The van der Waals surface area contributed by atoms with Crippen LogP contribution >= 0.6 is 12.4 Å². The van der Waals surface area contributed by atoms with Gasteiger partial charge in [-0.25, -0.2) is 0 Å². The van der Waals surface area contributed by atoms with E-state index >= 15 is 0 Å². The molecule has 4 heteroatoms. The SMILES string of the molecule is Cl.NCCNCCNCc1ccccc1. The molecule has 0 aliphatic carbocycles. The first-order valence-electron chi connectivity index (χ1n) is 5.09. The highest BCUT2D eigenvalue weighted by Crippen LogP contribution is 1.96. The second-order valence-electron chi connectivity index (χ2n) is 3.20. The number of benzene rings is 1. The maximum absolute atomic E-state index is 5.35. The maximum Gasteiger partial charge on any atom is 0.0206 e. The highest BCUT2D eigenvalue weighted by atomic mass is 35.5. The first-order chi connectivity index (χ1) is 6.93. The molecule has 0 spiro atoms. The fourth-order valence-corrected chi connectivity index (χ4v) is 1.23. The second kappa shape index (κ2) is 9.93. The Hall–Kier alpha value is -0.610. The minimum atomic E-state index is 0.